The lowest BCUT2D eigenvalue weighted by molar-refractivity contribution is 0.156. The van der Waals surface area contributed by atoms with Crippen LogP contribution in [0.15, 0.2) is 12.1 Å². The van der Waals surface area contributed by atoms with Gasteiger partial charge in [0, 0.05) is 17.5 Å². The zero-order valence-electron chi connectivity index (χ0n) is 11.7. The molecule has 1 heterocycles. The van der Waals surface area contributed by atoms with Crippen LogP contribution in [0.2, 0.25) is 4.34 Å². The highest BCUT2D eigenvalue weighted by molar-refractivity contribution is 7.16. The maximum Gasteiger partial charge on any atom is 0.0931 e. The summed E-state index contributed by atoms with van der Waals surface area (Å²) in [6.45, 7) is 8.48. The summed E-state index contributed by atoms with van der Waals surface area (Å²) in [4.78, 5) is 3.78. The van der Waals surface area contributed by atoms with E-state index in [1.54, 1.807) is 11.3 Å². The van der Waals surface area contributed by atoms with Crippen molar-refractivity contribution in [2.45, 2.75) is 52.1 Å². The molecule has 2 N–H and O–H groups in total. The molecule has 1 aromatic rings. The topological polar surface area (TPSA) is 29.3 Å². The second-order valence-corrected chi connectivity index (χ2v) is 6.68. The van der Waals surface area contributed by atoms with Gasteiger partial charge in [-0.25, -0.2) is 0 Å². The first-order chi connectivity index (χ1) is 8.60. The van der Waals surface area contributed by atoms with Gasteiger partial charge in [-0.05, 0) is 38.9 Å². The molecule has 2 nitrogen and oxygen atoms in total. The van der Waals surface area contributed by atoms with Gasteiger partial charge in [0.05, 0.1) is 10.4 Å². The second-order valence-electron chi connectivity index (χ2n) is 4.93. The summed E-state index contributed by atoms with van der Waals surface area (Å²) in [5, 5.41) is 0. The van der Waals surface area contributed by atoms with Gasteiger partial charge in [0.15, 0.2) is 0 Å². The van der Waals surface area contributed by atoms with Crippen molar-refractivity contribution in [3.63, 3.8) is 0 Å². The minimum Gasteiger partial charge on any atom is -0.329 e. The number of unbranched alkanes of at least 4 members (excludes halogenated alkanes) is 2. The lowest BCUT2D eigenvalue weighted by Gasteiger charge is -2.33. The van der Waals surface area contributed by atoms with E-state index in [4.69, 9.17) is 17.3 Å². The Morgan fingerprint density at radius 3 is 2.50 bits per heavy atom. The Bertz CT molecular complexity index is 338. The maximum absolute atomic E-state index is 6.03. The van der Waals surface area contributed by atoms with Crippen molar-refractivity contribution in [3.8, 4) is 0 Å². The Labute approximate surface area is 120 Å². The van der Waals surface area contributed by atoms with E-state index < -0.39 is 0 Å². The maximum atomic E-state index is 6.03. The van der Waals surface area contributed by atoms with Gasteiger partial charge >= 0.3 is 0 Å². The largest absolute Gasteiger partial charge is 0.329 e. The summed E-state index contributed by atoms with van der Waals surface area (Å²) in [5.41, 5.74) is 5.98. The molecular weight excluding hydrogens is 264 g/mol. The summed E-state index contributed by atoms with van der Waals surface area (Å²) >= 11 is 7.68. The molecule has 1 unspecified atom stereocenters. The predicted molar refractivity (Wildman–Crippen MR) is 82.5 cm³/mol. The fourth-order valence-corrected chi connectivity index (χ4v) is 3.44. The zero-order valence-corrected chi connectivity index (χ0v) is 13.2. The summed E-state index contributed by atoms with van der Waals surface area (Å²) in [6.07, 6.45) is 3.78. The van der Waals surface area contributed by atoms with Crippen LogP contribution in [-0.2, 0) is 0 Å². The van der Waals surface area contributed by atoms with Gasteiger partial charge in [0.25, 0.3) is 0 Å². The summed E-state index contributed by atoms with van der Waals surface area (Å²) in [5.74, 6) is 0. The Morgan fingerprint density at radius 1 is 1.33 bits per heavy atom. The molecule has 0 bridgehead atoms. The quantitative estimate of drug-likeness (QED) is 0.723. The molecule has 0 amide bonds. The first-order valence-electron chi connectivity index (χ1n) is 6.81. The highest BCUT2D eigenvalue weighted by atomic mass is 35.5. The first-order valence-corrected chi connectivity index (χ1v) is 8.00. The van der Waals surface area contributed by atoms with Crippen LogP contribution >= 0.6 is 22.9 Å². The fraction of sp³-hybridized carbons (Fsp3) is 0.714. The van der Waals surface area contributed by atoms with Crippen LogP contribution in [0.4, 0.5) is 0 Å². The number of rotatable bonds is 8. The second kappa shape index (κ2) is 8.16. The lowest BCUT2D eigenvalue weighted by Crippen LogP contribution is -2.39. The summed E-state index contributed by atoms with van der Waals surface area (Å²) < 4.78 is 0.848. The van der Waals surface area contributed by atoms with E-state index in [-0.39, 0.29) is 0 Å². The normalized spacial score (nSPS) is 13.5. The molecular formula is C14H25ClN2S. The van der Waals surface area contributed by atoms with Gasteiger partial charge in [0.2, 0.25) is 0 Å². The predicted octanol–water partition coefficient (Wildman–Crippen LogP) is 4.30. The minimum absolute atomic E-state index is 0.305. The van der Waals surface area contributed by atoms with Crippen LogP contribution < -0.4 is 5.73 Å². The smallest absolute Gasteiger partial charge is 0.0931 e. The van der Waals surface area contributed by atoms with E-state index in [1.165, 1.54) is 24.1 Å². The fourth-order valence-electron chi connectivity index (χ4n) is 2.24. The summed E-state index contributed by atoms with van der Waals surface area (Å²) in [7, 11) is 0. The Balaban J connectivity index is 2.74. The van der Waals surface area contributed by atoms with Crippen molar-refractivity contribution in [2.75, 3.05) is 13.1 Å². The molecule has 0 fully saturated rings. The standard InChI is InChI=1S/C14H25ClN2S/c1-4-5-6-9-17(11(2)3)12(10-16)13-7-8-14(15)18-13/h7-8,11-12H,4-6,9-10,16H2,1-3H3. The van der Waals surface area contributed by atoms with Crippen molar-refractivity contribution in [3.05, 3.63) is 21.3 Å². The average Bonchev–Trinajstić information content (AvgIpc) is 2.74. The van der Waals surface area contributed by atoms with Crippen LogP contribution in [0.1, 0.15) is 51.0 Å². The molecule has 1 rings (SSSR count). The number of nitrogens with two attached hydrogens (primary N) is 1. The van der Waals surface area contributed by atoms with Crippen LogP contribution in [0.5, 0.6) is 0 Å². The van der Waals surface area contributed by atoms with Crippen molar-refractivity contribution < 1.29 is 0 Å². The van der Waals surface area contributed by atoms with Crippen molar-refractivity contribution in [1.29, 1.82) is 0 Å². The molecule has 0 aliphatic carbocycles. The van der Waals surface area contributed by atoms with E-state index in [0.29, 0.717) is 18.6 Å². The van der Waals surface area contributed by atoms with E-state index in [2.05, 4.69) is 31.7 Å². The average molecular weight is 289 g/mol. The Kier molecular flexibility index (Phi) is 7.23. The highest BCUT2D eigenvalue weighted by Gasteiger charge is 2.22. The van der Waals surface area contributed by atoms with E-state index in [0.717, 1.165) is 10.9 Å². The van der Waals surface area contributed by atoms with Gasteiger partial charge in [-0.3, -0.25) is 4.90 Å². The molecule has 0 spiro atoms. The highest BCUT2D eigenvalue weighted by Crippen LogP contribution is 2.31. The molecule has 0 aromatic carbocycles. The monoisotopic (exact) mass is 288 g/mol. The molecule has 0 aliphatic heterocycles. The van der Waals surface area contributed by atoms with Crippen molar-refractivity contribution in [1.82, 2.24) is 4.90 Å². The molecule has 1 atom stereocenters. The SMILES string of the molecule is CCCCCN(C(C)C)C(CN)c1ccc(Cl)s1. The third-order valence-corrected chi connectivity index (χ3v) is 4.56. The Hall–Kier alpha value is -0.0900. The molecule has 4 heteroatoms. The van der Waals surface area contributed by atoms with E-state index in [1.807, 2.05) is 6.07 Å². The van der Waals surface area contributed by atoms with Gasteiger partial charge in [-0.2, -0.15) is 0 Å². The van der Waals surface area contributed by atoms with Crippen molar-refractivity contribution in [2.24, 2.45) is 5.73 Å². The third kappa shape index (κ3) is 4.54. The number of hydrogen-bond acceptors (Lipinski definition) is 3. The molecule has 104 valence electrons. The van der Waals surface area contributed by atoms with Crippen LogP contribution in [0, 0.1) is 0 Å². The van der Waals surface area contributed by atoms with Crippen molar-refractivity contribution >= 4 is 22.9 Å². The first kappa shape index (κ1) is 16.0. The number of thiophene rings is 1. The van der Waals surface area contributed by atoms with E-state index in [9.17, 15) is 0 Å². The minimum atomic E-state index is 0.305. The molecule has 0 aliphatic rings. The molecule has 0 saturated carbocycles. The van der Waals surface area contributed by atoms with Crippen LogP contribution in [0.3, 0.4) is 0 Å². The Morgan fingerprint density at radius 2 is 2.06 bits per heavy atom. The molecule has 1 aromatic heterocycles. The zero-order chi connectivity index (χ0) is 13.5. The van der Waals surface area contributed by atoms with Gasteiger partial charge in [0.1, 0.15) is 0 Å². The van der Waals surface area contributed by atoms with Gasteiger partial charge < -0.3 is 5.73 Å². The molecule has 0 saturated heterocycles. The van der Waals surface area contributed by atoms with Crippen LogP contribution in [0.25, 0.3) is 0 Å². The van der Waals surface area contributed by atoms with Gasteiger partial charge in [-0.1, -0.05) is 31.4 Å². The third-order valence-electron chi connectivity index (χ3n) is 3.23. The molecule has 18 heavy (non-hydrogen) atoms. The lowest BCUT2D eigenvalue weighted by atomic mass is 10.1. The number of halogens is 1. The number of nitrogens with zero attached hydrogens (tertiary/aromatic N) is 1. The summed E-state index contributed by atoms with van der Waals surface area (Å²) in [6, 6.07) is 4.89. The van der Waals surface area contributed by atoms with Gasteiger partial charge in [-0.15, -0.1) is 11.3 Å². The van der Waals surface area contributed by atoms with Crippen LogP contribution in [-0.4, -0.2) is 24.0 Å². The number of hydrogen-bond donors (Lipinski definition) is 1. The van der Waals surface area contributed by atoms with E-state index >= 15 is 0 Å². The molecule has 0 radical (unpaired) electrons.